The molecular weight excluding hydrogens is 326 g/mol. The van der Waals surface area contributed by atoms with Crippen LogP contribution in [-0.2, 0) is 9.53 Å². The first-order valence-electron chi connectivity index (χ1n) is 10.4. The van der Waals surface area contributed by atoms with Crippen LogP contribution in [0.5, 0.6) is 5.75 Å². The lowest BCUT2D eigenvalue weighted by Crippen LogP contribution is -2.47. The van der Waals surface area contributed by atoms with Gasteiger partial charge in [-0.15, -0.1) is 0 Å². The van der Waals surface area contributed by atoms with Gasteiger partial charge in [-0.1, -0.05) is 26.2 Å². The van der Waals surface area contributed by atoms with Gasteiger partial charge in [0.2, 0.25) is 0 Å². The molecule has 2 saturated carbocycles. The van der Waals surface area contributed by atoms with Crippen LogP contribution in [0.2, 0.25) is 0 Å². The molecule has 0 aromatic heterocycles. The first-order chi connectivity index (χ1) is 12.6. The van der Waals surface area contributed by atoms with Crippen LogP contribution < -0.4 is 10.1 Å². The number of benzene rings is 1. The van der Waals surface area contributed by atoms with Crippen molar-refractivity contribution >= 4 is 11.6 Å². The zero-order chi connectivity index (χ0) is 18.4. The van der Waals surface area contributed by atoms with Gasteiger partial charge in [0, 0.05) is 12.3 Å². The highest BCUT2D eigenvalue weighted by Crippen LogP contribution is 2.34. The topological polar surface area (TPSA) is 47.6 Å². The summed E-state index contributed by atoms with van der Waals surface area (Å²) in [5.41, 5.74) is 1.25. The Hall–Kier alpha value is -1.55. The highest BCUT2D eigenvalue weighted by atomic mass is 16.5. The summed E-state index contributed by atoms with van der Waals surface area (Å²) in [5.74, 6) is 0.944. The summed E-state index contributed by atoms with van der Waals surface area (Å²) in [6.07, 6.45) is 11.1. The van der Waals surface area contributed by atoms with E-state index in [1.807, 2.05) is 25.1 Å². The summed E-state index contributed by atoms with van der Waals surface area (Å²) in [4.78, 5) is 13.0. The van der Waals surface area contributed by atoms with E-state index in [1.165, 1.54) is 19.3 Å². The fourth-order valence-corrected chi connectivity index (χ4v) is 4.15. The van der Waals surface area contributed by atoms with Gasteiger partial charge in [0.25, 0.3) is 5.91 Å². The van der Waals surface area contributed by atoms with Crippen LogP contribution in [0.4, 0.5) is 5.69 Å². The average Bonchev–Trinajstić information content (AvgIpc) is 3.16. The van der Waals surface area contributed by atoms with Crippen molar-refractivity contribution in [3.8, 4) is 5.75 Å². The fraction of sp³-hybridized carbons (Fsp3) is 0.682. The molecule has 1 amide bonds. The van der Waals surface area contributed by atoms with E-state index in [2.05, 4.69) is 12.2 Å². The summed E-state index contributed by atoms with van der Waals surface area (Å²) in [6, 6.07) is 5.95. The van der Waals surface area contributed by atoms with Gasteiger partial charge in [0.15, 0.2) is 0 Å². The molecule has 1 aromatic carbocycles. The van der Waals surface area contributed by atoms with E-state index in [-0.39, 0.29) is 5.91 Å². The predicted molar refractivity (Wildman–Crippen MR) is 105 cm³/mol. The molecule has 1 N–H and O–H groups in total. The van der Waals surface area contributed by atoms with Crippen molar-refractivity contribution in [2.45, 2.75) is 89.8 Å². The van der Waals surface area contributed by atoms with Crippen molar-refractivity contribution in [2.24, 2.45) is 0 Å². The Labute approximate surface area is 157 Å². The Bertz CT molecular complexity index is 601. The normalized spacial score (nSPS) is 20.1. The molecule has 2 aliphatic carbocycles. The molecule has 1 aromatic rings. The van der Waals surface area contributed by atoms with Crippen molar-refractivity contribution in [3.05, 3.63) is 23.8 Å². The van der Waals surface area contributed by atoms with Crippen molar-refractivity contribution in [3.63, 3.8) is 0 Å². The second kappa shape index (κ2) is 8.90. The third-order valence-corrected chi connectivity index (χ3v) is 5.69. The second-order valence-corrected chi connectivity index (χ2v) is 7.86. The standard InChI is InChI=1S/C22H33NO3/c1-3-15-25-22(13-7-4-8-14-22)21(24)23-18-11-12-20(17(2)16-18)26-19-9-5-6-10-19/h11-12,16,19H,3-10,13-15H2,1-2H3,(H,23,24). The Morgan fingerprint density at radius 2 is 1.88 bits per heavy atom. The molecule has 0 aliphatic heterocycles. The second-order valence-electron chi connectivity index (χ2n) is 7.86. The highest BCUT2D eigenvalue weighted by Gasteiger charge is 2.40. The van der Waals surface area contributed by atoms with Crippen LogP contribution in [-0.4, -0.2) is 24.2 Å². The maximum atomic E-state index is 13.0. The highest BCUT2D eigenvalue weighted by molar-refractivity contribution is 5.97. The van der Waals surface area contributed by atoms with Crippen LogP contribution in [0, 0.1) is 6.92 Å². The first-order valence-corrected chi connectivity index (χ1v) is 10.4. The van der Waals surface area contributed by atoms with Gasteiger partial charge in [-0.25, -0.2) is 0 Å². The van der Waals surface area contributed by atoms with Crippen molar-refractivity contribution in [1.29, 1.82) is 0 Å². The minimum Gasteiger partial charge on any atom is -0.490 e. The van der Waals surface area contributed by atoms with Gasteiger partial charge >= 0.3 is 0 Å². The quantitative estimate of drug-likeness (QED) is 0.710. The minimum atomic E-state index is -0.652. The number of hydrogen-bond acceptors (Lipinski definition) is 3. The maximum absolute atomic E-state index is 13.0. The Kier molecular flexibility index (Phi) is 6.58. The lowest BCUT2D eigenvalue weighted by atomic mass is 9.83. The summed E-state index contributed by atoms with van der Waals surface area (Å²) < 4.78 is 12.2. The summed E-state index contributed by atoms with van der Waals surface area (Å²) >= 11 is 0. The van der Waals surface area contributed by atoms with E-state index >= 15 is 0 Å². The number of carbonyl (C=O) groups is 1. The Balaban J connectivity index is 1.66. The van der Waals surface area contributed by atoms with Gasteiger partial charge in [-0.2, -0.15) is 0 Å². The number of amides is 1. The molecule has 0 saturated heterocycles. The molecular formula is C22H33NO3. The monoisotopic (exact) mass is 359 g/mol. The van der Waals surface area contributed by atoms with Gasteiger partial charge in [-0.05, 0) is 75.6 Å². The number of rotatable bonds is 7. The molecule has 144 valence electrons. The molecule has 0 atom stereocenters. The molecule has 3 rings (SSSR count). The number of hydrogen-bond donors (Lipinski definition) is 1. The van der Waals surface area contributed by atoms with Crippen molar-refractivity contribution < 1.29 is 14.3 Å². The summed E-state index contributed by atoms with van der Waals surface area (Å²) in [5, 5.41) is 3.10. The fourth-order valence-electron chi connectivity index (χ4n) is 4.15. The molecule has 2 fully saturated rings. The third kappa shape index (κ3) is 4.59. The molecule has 2 aliphatic rings. The van der Waals surface area contributed by atoms with Crippen molar-refractivity contribution in [2.75, 3.05) is 11.9 Å². The van der Waals surface area contributed by atoms with Crippen LogP contribution in [0.25, 0.3) is 0 Å². The molecule has 26 heavy (non-hydrogen) atoms. The Morgan fingerprint density at radius 1 is 1.15 bits per heavy atom. The first kappa shape index (κ1) is 19.2. The van der Waals surface area contributed by atoms with Crippen LogP contribution in [0.15, 0.2) is 18.2 Å². The Morgan fingerprint density at radius 3 is 2.54 bits per heavy atom. The molecule has 0 unspecified atom stereocenters. The lowest BCUT2D eigenvalue weighted by molar-refractivity contribution is -0.146. The summed E-state index contributed by atoms with van der Waals surface area (Å²) in [7, 11) is 0. The number of aryl methyl sites for hydroxylation is 1. The van der Waals surface area contributed by atoms with Gasteiger partial charge < -0.3 is 14.8 Å². The molecule has 0 radical (unpaired) electrons. The number of anilines is 1. The maximum Gasteiger partial charge on any atom is 0.256 e. The van der Waals surface area contributed by atoms with Gasteiger partial charge in [0.05, 0.1) is 6.10 Å². The molecule has 4 nitrogen and oxygen atoms in total. The molecule has 4 heteroatoms. The predicted octanol–water partition coefficient (Wildman–Crippen LogP) is 5.38. The third-order valence-electron chi connectivity index (χ3n) is 5.69. The minimum absolute atomic E-state index is 0.00881. The smallest absolute Gasteiger partial charge is 0.256 e. The van der Waals surface area contributed by atoms with E-state index in [0.717, 1.165) is 61.9 Å². The van der Waals surface area contributed by atoms with Crippen molar-refractivity contribution in [1.82, 2.24) is 0 Å². The van der Waals surface area contributed by atoms with E-state index in [4.69, 9.17) is 9.47 Å². The van der Waals surface area contributed by atoms with E-state index in [9.17, 15) is 4.79 Å². The van der Waals surface area contributed by atoms with Gasteiger partial charge in [0.1, 0.15) is 11.4 Å². The molecule has 0 spiro atoms. The molecule has 0 heterocycles. The number of carbonyl (C=O) groups excluding carboxylic acids is 1. The average molecular weight is 360 g/mol. The molecule has 0 bridgehead atoms. The zero-order valence-corrected chi connectivity index (χ0v) is 16.3. The van der Waals surface area contributed by atoms with Crippen LogP contribution in [0.1, 0.15) is 76.7 Å². The summed E-state index contributed by atoms with van der Waals surface area (Å²) in [6.45, 7) is 4.77. The largest absolute Gasteiger partial charge is 0.490 e. The number of nitrogens with one attached hydrogen (secondary N) is 1. The zero-order valence-electron chi connectivity index (χ0n) is 16.3. The number of ether oxygens (including phenoxy) is 2. The van der Waals surface area contributed by atoms with E-state index in [0.29, 0.717) is 12.7 Å². The van der Waals surface area contributed by atoms with Crippen LogP contribution in [0.3, 0.4) is 0 Å². The lowest BCUT2D eigenvalue weighted by Gasteiger charge is -2.35. The van der Waals surface area contributed by atoms with E-state index in [1.54, 1.807) is 0 Å². The van der Waals surface area contributed by atoms with Gasteiger partial charge in [-0.3, -0.25) is 4.79 Å². The SMILES string of the molecule is CCCOC1(C(=O)Nc2ccc(OC3CCCC3)c(C)c2)CCCCC1. The van der Waals surface area contributed by atoms with E-state index < -0.39 is 5.60 Å². The van der Waals surface area contributed by atoms with Crippen LogP contribution >= 0.6 is 0 Å².